The van der Waals surface area contributed by atoms with Crippen molar-refractivity contribution < 1.29 is 9.59 Å². The van der Waals surface area contributed by atoms with Gasteiger partial charge in [0.25, 0.3) is 17.4 Å². The van der Waals surface area contributed by atoms with Crippen LogP contribution in [0.15, 0.2) is 53.3 Å². The van der Waals surface area contributed by atoms with Crippen LogP contribution in [0.25, 0.3) is 16.8 Å². The molecule has 0 saturated heterocycles. The number of fused-ring (bicyclic) bond motifs is 4. The van der Waals surface area contributed by atoms with E-state index < -0.39 is 0 Å². The van der Waals surface area contributed by atoms with Crippen LogP contribution in [-0.2, 0) is 6.54 Å². The fraction of sp³-hybridized carbons (Fsp3) is 0.182. The predicted octanol–water partition coefficient (Wildman–Crippen LogP) is 2.56. The fourth-order valence-electron chi connectivity index (χ4n) is 3.95. The van der Waals surface area contributed by atoms with Crippen LogP contribution in [-0.4, -0.2) is 37.2 Å². The lowest BCUT2D eigenvalue weighted by Gasteiger charge is -2.15. The Kier molecular flexibility index (Phi) is 3.67. The highest BCUT2D eigenvalue weighted by Gasteiger charge is 2.34. The third kappa shape index (κ3) is 2.37. The molecular formula is C22H18N4O3. The predicted molar refractivity (Wildman–Crippen MR) is 108 cm³/mol. The molecule has 29 heavy (non-hydrogen) atoms. The van der Waals surface area contributed by atoms with E-state index in [1.54, 1.807) is 35.6 Å². The molecule has 144 valence electrons. The number of imidazole rings is 1. The lowest BCUT2D eigenvalue weighted by Crippen LogP contribution is -2.33. The van der Waals surface area contributed by atoms with Gasteiger partial charge in [0.1, 0.15) is 0 Å². The van der Waals surface area contributed by atoms with Gasteiger partial charge in [-0.05, 0) is 38.1 Å². The Morgan fingerprint density at radius 3 is 2.03 bits per heavy atom. The summed E-state index contributed by atoms with van der Waals surface area (Å²) in [6, 6.07) is 14.4. The topological polar surface area (TPSA) is 76.7 Å². The monoisotopic (exact) mass is 386 g/mol. The van der Waals surface area contributed by atoms with Gasteiger partial charge in [-0.15, -0.1) is 0 Å². The van der Waals surface area contributed by atoms with E-state index in [-0.39, 0.29) is 23.9 Å². The molecule has 7 heteroatoms. The van der Waals surface area contributed by atoms with Gasteiger partial charge in [0.2, 0.25) is 5.78 Å². The number of nitrogens with zero attached hydrogens (tertiary/aromatic N) is 4. The number of para-hydroxylation sites is 2. The zero-order chi connectivity index (χ0) is 20.3. The van der Waals surface area contributed by atoms with E-state index in [1.807, 2.05) is 35.8 Å². The Labute approximate surface area is 165 Å². The molecule has 7 nitrogen and oxygen atoms in total. The van der Waals surface area contributed by atoms with E-state index in [1.165, 1.54) is 4.90 Å². The summed E-state index contributed by atoms with van der Waals surface area (Å²) in [5.74, 6) is -0.0667. The number of imide groups is 1. The number of amides is 2. The summed E-state index contributed by atoms with van der Waals surface area (Å²) in [5, 5.41) is 0. The van der Waals surface area contributed by atoms with Crippen molar-refractivity contribution in [1.29, 1.82) is 0 Å². The number of rotatable bonds is 3. The van der Waals surface area contributed by atoms with Crippen molar-refractivity contribution in [3.63, 3.8) is 0 Å². The van der Waals surface area contributed by atoms with Crippen molar-refractivity contribution in [2.24, 2.45) is 0 Å². The summed E-state index contributed by atoms with van der Waals surface area (Å²) >= 11 is 0. The van der Waals surface area contributed by atoms with Crippen LogP contribution in [0, 0.1) is 13.8 Å². The molecule has 1 aliphatic heterocycles. The Morgan fingerprint density at radius 1 is 0.793 bits per heavy atom. The number of hydrogen-bond acceptors (Lipinski definition) is 4. The van der Waals surface area contributed by atoms with Gasteiger partial charge in [-0.3, -0.25) is 19.3 Å². The minimum atomic E-state index is -0.288. The zero-order valence-corrected chi connectivity index (χ0v) is 16.0. The Balaban J connectivity index is 1.60. The average Bonchev–Trinajstić information content (AvgIpc) is 3.17. The van der Waals surface area contributed by atoms with Gasteiger partial charge >= 0.3 is 0 Å². The molecule has 2 amide bonds. The Hall–Kier alpha value is -3.74. The average molecular weight is 386 g/mol. The van der Waals surface area contributed by atoms with Crippen LogP contribution in [0.4, 0.5) is 0 Å². The van der Waals surface area contributed by atoms with E-state index in [0.717, 1.165) is 11.0 Å². The largest absolute Gasteiger partial charge is 0.308 e. The van der Waals surface area contributed by atoms with Crippen LogP contribution in [0.2, 0.25) is 0 Å². The molecule has 0 aliphatic carbocycles. The maximum atomic E-state index is 12.9. The van der Waals surface area contributed by atoms with E-state index >= 15 is 0 Å². The molecule has 0 unspecified atom stereocenters. The molecule has 2 aromatic heterocycles. The van der Waals surface area contributed by atoms with Gasteiger partial charge in [-0.2, -0.15) is 0 Å². The van der Waals surface area contributed by atoms with Gasteiger partial charge in [-0.25, -0.2) is 9.38 Å². The van der Waals surface area contributed by atoms with Gasteiger partial charge in [0.15, 0.2) is 0 Å². The minimum absolute atomic E-state index is 0.108. The molecule has 4 aromatic rings. The number of carbonyl (C=O) groups excluding carboxylic acids is 2. The third-order valence-corrected chi connectivity index (χ3v) is 5.61. The first-order chi connectivity index (χ1) is 14.0. The maximum Gasteiger partial charge on any atom is 0.262 e. The second-order valence-electron chi connectivity index (χ2n) is 7.21. The lowest BCUT2D eigenvalue weighted by molar-refractivity contribution is 0.0649. The van der Waals surface area contributed by atoms with E-state index in [0.29, 0.717) is 34.7 Å². The van der Waals surface area contributed by atoms with Gasteiger partial charge in [0.05, 0.1) is 22.2 Å². The van der Waals surface area contributed by atoms with Crippen molar-refractivity contribution in [3.05, 3.63) is 81.3 Å². The minimum Gasteiger partial charge on any atom is -0.308 e. The first-order valence-corrected chi connectivity index (χ1v) is 9.41. The molecule has 1 aliphatic rings. The highest BCUT2D eigenvalue weighted by molar-refractivity contribution is 6.21. The number of hydrogen-bond donors (Lipinski definition) is 0. The van der Waals surface area contributed by atoms with E-state index in [2.05, 4.69) is 4.98 Å². The number of aryl methyl sites for hydroxylation is 1. The first kappa shape index (κ1) is 17.4. The van der Waals surface area contributed by atoms with Crippen molar-refractivity contribution in [2.75, 3.05) is 6.54 Å². The maximum absolute atomic E-state index is 12.9. The van der Waals surface area contributed by atoms with Gasteiger partial charge in [-0.1, -0.05) is 24.3 Å². The summed E-state index contributed by atoms with van der Waals surface area (Å²) in [6.45, 7) is 4.12. The van der Waals surface area contributed by atoms with Crippen molar-refractivity contribution in [2.45, 2.75) is 20.4 Å². The second kappa shape index (κ2) is 6.13. The van der Waals surface area contributed by atoms with Crippen molar-refractivity contribution >= 4 is 28.6 Å². The van der Waals surface area contributed by atoms with Crippen LogP contribution >= 0.6 is 0 Å². The summed E-state index contributed by atoms with van der Waals surface area (Å²) in [7, 11) is 0. The molecule has 0 bridgehead atoms. The third-order valence-electron chi connectivity index (χ3n) is 5.61. The first-order valence-electron chi connectivity index (χ1n) is 9.41. The van der Waals surface area contributed by atoms with Crippen LogP contribution in [0.1, 0.15) is 32.0 Å². The molecular weight excluding hydrogens is 368 g/mol. The Bertz CT molecular complexity index is 1360. The zero-order valence-electron chi connectivity index (χ0n) is 16.0. The molecule has 0 saturated carbocycles. The summed E-state index contributed by atoms with van der Waals surface area (Å²) in [5.41, 5.74) is 3.61. The number of carbonyl (C=O) groups is 2. The lowest BCUT2D eigenvalue weighted by atomic mass is 10.1. The smallest absolute Gasteiger partial charge is 0.262 e. The molecule has 2 aromatic carbocycles. The van der Waals surface area contributed by atoms with Crippen LogP contribution in [0.5, 0.6) is 0 Å². The van der Waals surface area contributed by atoms with Crippen LogP contribution < -0.4 is 5.56 Å². The SMILES string of the molecule is Cc1nc2n(CCN3C(=O)c4ccccc4C3=O)c3ccccc3n2c(=O)c1C. The molecule has 0 fully saturated rings. The highest BCUT2D eigenvalue weighted by atomic mass is 16.2. The molecule has 0 atom stereocenters. The normalized spacial score (nSPS) is 13.7. The summed E-state index contributed by atoms with van der Waals surface area (Å²) in [4.78, 5) is 44.1. The molecule has 5 rings (SSSR count). The summed E-state index contributed by atoms with van der Waals surface area (Å²) < 4.78 is 3.49. The molecule has 0 radical (unpaired) electrons. The highest BCUT2D eigenvalue weighted by Crippen LogP contribution is 2.24. The van der Waals surface area contributed by atoms with Crippen molar-refractivity contribution in [3.8, 4) is 0 Å². The molecule has 0 N–H and O–H groups in total. The summed E-state index contributed by atoms with van der Waals surface area (Å²) in [6.07, 6.45) is 0. The number of benzene rings is 2. The fourth-order valence-corrected chi connectivity index (χ4v) is 3.95. The van der Waals surface area contributed by atoms with E-state index in [4.69, 9.17) is 0 Å². The van der Waals surface area contributed by atoms with Gasteiger partial charge in [0, 0.05) is 24.3 Å². The second-order valence-corrected chi connectivity index (χ2v) is 7.21. The van der Waals surface area contributed by atoms with Crippen LogP contribution in [0.3, 0.4) is 0 Å². The molecule has 3 heterocycles. The van der Waals surface area contributed by atoms with Gasteiger partial charge < -0.3 is 4.57 Å². The standard InChI is InChI=1S/C22H18N4O3/c1-13-14(2)23-22-24(17-9-5-6-10-18(17)26(22)19(13)27)11-12-25-20(28)15-7-3-4-8-16(15)21(25)29/h3-10H,11-12H2,1-2H3. The van der Waals surface area contributed by atoms with E-state index in [9.17, 15) is 14.4 Å². The quantitative estimate of drug-likeness (QED) is 0.507. The Morgan fingerprint density at radius 2 is 1.38 bits per heavy atom. The molecule has 0 spiro atoms. The number of aromatic nitrogens is 3. The van der Waals surface area contributed by atoms with Crippen molar-refractivity contribution in [1.82, 2.24) is 18.9 Å².